The van der Waals surface area contributed by atoms with Gasteiger partial charge < -0.3 is 19.9 Å². The van der Waals surface area contributed by atoms with Gasteiger partial charge in [-0.3, -0.25) is 24.4 Å². The first kappa shape index (κ1) is 31.5. The van der Waals surface area contributed by atoms with E-state index in [4.69, 9.17) is 4.74 Å². The smallest absolute Gasteiger partial charge is 0.339 e. The number of hydrogen-bond acceptors (Lipinski definition) is 7. The second kappa shape index (κ2) is 13.1. The van der Waals surface area contributed by atoms with Crippen molar-refractivity contribution in [1.82, 2.24) is 20.2 Å². The van der Waals surface area contributed by atoms with Gasteiger partial charge in [0.05, 0.1) is 16.8 Å². The highest BCUT2D eigenvalue weighted by Gasteiger charge is 2.36. The Morgan fingerprint density at radius 1 is 0.979 bits per heavy atom. The van der Waals surface area contributed by atoms with Crippen LogP contribution in [0.4, 0.5) is 10.1 Å². The first-order valence-corrected chi connectivity index (χ1v) is 15.4. The molecule has 1 aliphatic carbocycles. The Bertz CT molecular complexity index is 1840. The second-order valence-electron chi connectivity index (χ2n) is 12.1. The molecular weight excluding hydrogens is 601 g/mol. The van der Waals surface area contributed by atoms with Crippen molar-refractivity contribution in [2.45, 2.75) is 45.4 Å². The SMILES string of the molecule is Cc1ccc(C(=O)O[C@H]2C[C@@H](CNC(=O)c3cc(F)cc(CN4C(=O)c5ccc(-c6ccncc6)cc5N(C)C(=O)[C@H]4C)c3)C2)cn1. The zero-order valence-corrected chi connectivity index (χ0v) is 26.3. The number of aromatic nitrogens is 2. The largest absolute Gasteiger partial charge is 0.459 e. The van der Waals surface area contributed by atoms with E-state index in [0.717, 1.165) is 22.9 Å². The Morgan fingerprint density at radius 2 is 1.74 bits per heavy atom. The quantitative estimate of drug-likeness (QED) is 0.272. The molecule has 0 radical (unpaired) electrons. The number of benzene rings is 2. The van der Waals surface area contributed by atoms with Crippen molar-refractivity contribution in [2.75, 3.05) is 18.5 Å². The predicted molar refractivity (Wildman–Crippen MR) is 172 cm³/mol. The second-order valence-corrected chi connectivity index (χ2v) is 12.1. The molecule has 1 aliphatic heterocycles. The standard InChI is InChI=1S/C36H34FN5O5/c1-21-4-5-27(19-39-21)36(46)47-30-14-23(15-30)18-40-33(43)28-12-24(13-29(37)16-28)20-42-22(2)34(44)41(3)32-17-26(6-7-31(32)35(42)45)25-8-10-38-11-9-25/h4-13,16-17,19,22-23,30H,14-15,18,20H2,1-3H3,(H,40,43)/t22-,23-,30+/m1/s1. The molecule has 0 spiro atoms. The van der Waals surface area contributed by atoms with E-state index in [1.807, 2.05) is 25.1 Å². The third kappa shape index (κ3) is 6.74. The van der Waals surface area contributed by atoms with E-state index in [-0.39, 0.29) is 35.9 Å². The van der Waals surface area contributed by atoms with Gasteiger partial charge >= 0.3 is 5.97 Å². The van der Waals surface area contributed by atoms with E-state index in [2.05, 4.69) is 15.3 Å². The lowest BCUT2D eigenvalue weighted by molar-refractivity contribution is -0.122. The normalized spacial score (nSPS) is 19.0. The van der Waals surface area contributed by atoms with Crippen LogP contribution in [0.15, 0.2) is 79.3 Å². The monoisotopic (exact) mass is 635 g/mol. The summed E-state index contributed by atoms with van der Waals surface area (Å²) in [5.41, 5.74) is 4.23. The van der Waals surface area contributed by atoms with Gasteiger partial charge in [-0.2, -0.15) is 0 Å². The summed E-state index contributed by atoms with van der Waals surface area (Å²) in [7, 11) is 1.63. The summed E-state index contributed by atoms with van der Waals surface area (Å²) in [5.74, 6) is -2.08. The van der Waals surface area contributed by atoms with E-state index in [0.29, 0.717) is 41.8 Å². The van der Waals surface area contributed by atoms with Crippen molar-refractivity contribution in [3.8, 4) is 11.1 Å². The number of halogens is 1. The Hall–Kier alpha value is -5.45. The first-order chi connectivity index (χ1) is 22.6. The third-order valence-electron chi connectivity index (χ3n) is 8.76. The highest BCUT2D eigenvalue weighted by molar-refractivity contribution is 6.11. The molecule has 3 heterocycles. The van der Waals surface area contributed by atoms with Gasteiger partial charge in [-0.15, -0.1) is 0 Å². The Balaban J connectivity index is 1.10. The molecular formula is C36H34FN5O5. The van der Waals surface area contributed by atoms with Crippen molar-refractivity contribution in [1.29, 1.82) is 0 Å². The Labute approximate surface area is 271 Å². The van der Waals surface area contributed by atoms with Crippen LogP contribution >= 0.6 is 0 Å². The van der Waals surface area contributed by atoms with Crippen LogP contribution in [-0.4, -0.2) is 64.3 Å². The van der Waals surface area contributed by atoms with E-state index in [9.17, 15) is 23.6 Å². The summed E-state index contributed by atoms with van der Waals surface area (Å²) in [5, 5.41) is 2.84. The molecule has 1 N–H and O–H groups in total. The van der Waals surface area contributed by atoms with Gasteiger partial charge in [-0.05, 0) is 104 Å². The highest BCUT2D eigenvalue weighted by atomic mass is 19.1. The Morgan fingerprint density at radius 3 is 2.47 bits per heavy atom. The number of likely N-dealkylation sites (N-methyl/N-ethyl adjacent to an activating group) is 1. The van der Waals surface area contributed by atoms with Crippen molar-refractivity contribution < 1.29 is 28.3 Å². The van der Waals surface area contributed by atoms with Gasteiger partial charge in [0, 0.05) is 50.0 Å². The number of nitrogens with one attached hydrogen (secondary N) is 1. The number of rotatable bonds is 8. The third-order valence-corrected chi connectivity index (χ3v) is 8.76. The fourth-order valence-electron chi connectivity index (χ4n) is 5.94. The highest BCUT2D eigenvalue weighted by Crippen LogP contribution is 2.33. The lowest BCUT2D eigenvalue weighted by Crippen LogP contribution is -2.45. The molecule has 2 aromatic heterocycles. The summed E-state index contributed by atoms with van der Waals surface area (Å²) >= 11 is 0. The molecule has 0 unspecified atom stereocenters. The van der Waals surface area contributed by atoms with Crippen LogP contribution in [0.5, 0.6) is 0 Å². The lowest BCUT2D eigenvalue weighted by atomic mass is 9.82. The maximum atomic E-state index is 14.8. The molecule has 4 aromatic rings. The molecule has 240 valence electrons. The van der Waals surface area contributed by atoms with E-state index >= 15 is 0 Å². The van der Waals surface area contributed by atoms with Crippen LogP contribution in [0.25, 0.3) is 11.1 Å². The van der Waals surface area contributed by atoms with Crippen molar-refractivity contribution in [3.63, 3.8) is 0 Å². The molecule has 3 amide bonds. The van der Waals surface area contributed by atoms with E-state index in [1.165, 1.54) is 28.1 Å². The molecule has 0 bridgehead atoms. The molecule has 47 heavy (non-hydrogen) atoms. The van der Waals surface area contributed by atoms with Gasteiger partial charge in [0.2, 0.25) is 5.91 Å². The number of nitrogens with zero attached hydrogens (tertiary/aromatic N) is 4. The molecule has 1 saturated carbocycles. The summed E-state index contributed by atoms with van der Waals surface area (Å²) < 4.78 is 20.3. The molecule has 10 nitrogen and oxygen atoms in total. The van der Waals surface area contributed by atoms with Crippen molar-refractivity contribution in [3.05, 3.63) is 113 Å². The minimum atomic E-state index is -0.840. The summed E-state index contributed by atoms with van der Waals surface area (Å²) in [4.78, 5) is 63.7. The number of aryl methyl sites for hydroxylation is 1. The van der Waals surface area contributed by atoms with Crippen LogP contribution in [0.3, 0.4) is 0 Å². The average molecular weight is 636 g/mol. The average Bonchev–Trinajstić information content (AvgIpc) is 3.12. The number of esters is 1. The number of anilines is 1. The molecule has 11 heteroatoms. The zero-order chi connectivity index (χ0) is 33.2. The van der Waals surface area contributed by atoms with Crippen LogP contribution in [0.2, 0.25) is 0 Å². The number of carbonyl (C=O) groups excluding carboxylic acids is 4. The van der Waals surface area contributed by atoms with Gasteiger partial charge in [0.1, 0.15) is 18.0 Å². The summed E-state index contributed by atoms with van der Waals surface area (Å²) in [6, 6.07) is 15.5. The lowest BCUT2D eigenvalue weighted by Gasteiger charge is -2.34. The Kier molecular flexibility index (Phi) is 8.80. The molecule has 2 aromatic carbocycles. The number of ether oxygens (including phenoxy) is 1. The number of fused-ring (bicyclic) bond motifs is 1. The van der Waals surface area contributed by atoms with Crippen LogP contribution in [0, 0.1) is 18.7 Å². The van der Waals surface area contributed by atoms with Gasteiger partial charge in [-0.1, -0.05) is 6.07 Å². The van der Waals surface area contributed by atoms with Gasteiger partial charge in [-0.25, -0.2) is 9.18 Å². The molecule has 1 fully saturated rings. The summed E-state index contributed by atoms with van der Waals surface area (Å²) in [6.07, 6.45) is 5.79. The maximum absolute atomic E-state index is 14.8. The van der Waals surface area contributed by atoms with Crippen LogP contribution in [0.1, 0.15) is 62.1 Å². The fraction of sp³-hybridized carbons (Fsp3) is 0.278. The number of pyridine rings is 2. The van der Waals surface area contributed by atoms with E-state index < -0.39 is 23.7 Å². The maximum Gasteiger partial charge on any atom is 0.339 e. The molecule has 6 rings (SSSR count). The van der Waals surface area contributed by atoms with Gasteiger partial charge in [0.25, 0.3) is 11.8 Å². The number of amides is 3. The minimum Gasteiger partial charge on any atom is -0.459 e. The molecule has 0 saturated heterocycles. The van der Waals surface area contributed by atoms with Gasteiger partial charge in [0.15, 0.2) is 0 Å². The molecule has 2 aliphatic rings. The minimum absolute atomic E-state index is 0.0741. The van der Waals surface area contributed by atoms with Crippen molar-refractivity contribution in [2.24, 2.45) is 5.92 Å². The number of hydrogen-bond donors (Lipinski definition) is 1. The van der Waals surface area contributed by atoms with E-state index in [1.54, 1.807) is 50.6 Å². The fourth-order valence-corrected chi connectivity index (χ4v) is 5.94. The van der Waals surface area contributed by atoms with Crippen LogP contribution < -0.4 is 10.2 Å². The predicted octanol–water partition coefficient (Wildman–Crippen LogP) is 4.96. The zero-order valence-electron chi connectivity index (χ0n) is 26.3. The van der Waals surface area contributed by atoms with Crippen molar-refractivity contribution >= 4 is 29.4 Å². The first-order valence-electron chi connectivity index (χ1n) is 15.4. The number of carbonyl (C=O) groups is 4. The molecule has 1 atom stereocenters. The van der Waals surface area contributed by atoms with Crippen LogP contribution in [-0.2, 0) is 16.1 Å². The topological polar surface area (TPSA) is 122 Å². The summed E-state index contributed by atoms with van der Waals surface area (Å²) in [6.45, 7) is 3.74.